The summed E-state index contributed by atoms with van der Waals surface area (Å²) >= 11 is 0. The summed E-state index contributed by atoms with van der Waals surface area (Å²) in [7, 11) is -5.49. The number of allylic oxidation sites excluding steroid dienone is 3. The molecule has 3 heteroatoms. The van der Waals surface area contributed by atoms with E-state index in [-0.39, 0.29) is 6.04 Å². The normalized spacial score (nSPS) is 18.8. The second-order valence-corrected chi connectivity index (χ2v) is 25.5. The Morgan fingerprint density at radius 2 is 0.812 bits per heavy atom. The molecule has 10 rings (SSSR count). The Hall–Kier alpha value is -6.66. The Kier molecular flexibility index (Phi) is 11.8. The molecule has 4 unspecified atom stereocenters. The molecule has 2 aliphatic rings. The summed E-state index contributed by atoms with van der Waals surface area (Å²) in [5.41, 5.74) is 5.07. The van der Waals surface area contributed by atoms with Gasteiger partial charge in [0.2, 0.25) is 0 Å². The van der Waals surface area contributed by atoms with E-state index in [0.29, 0.717) is 17.8 Å². The second-order valence-electron chi connectivity index (χ2n) is 17.9. The van der Waals surface area contributed by atoms with E-state index in [9.17, 15) is 0 Å². The lowest BCUT2D eigenvalue weighted by Gasteiger charge is -2.37. The fraction of sp³-hybridized carbons (Fsp3) is 0.131. The standard InChI is InChI=1S/C61H55NSi2/c1-46-24-21-25-47(2)61(46)50-44-59(48-26-22-40-57(42-48)63(51-28-9-3-10-29-51,52-30-11-4-12-31-52)53-32-13-5-14-33-53)62-60(45-50)49-27-23-41-58(43-49)64(54-34-15-6-16-35-54,55-36-17-7-18-37-55)56-38-19-8-20-39-56/h3-24,26-44,46-47,60-61H,25,45H2,1-2H3. The van der Waals surface area contributed by atoms with Crippen LogP contribution in [0.3, 0.4) is 0 Å². The molecule has 0 amide bonds. The highest BCUT2D eigenvalue weighted by molar-refractivity contribution is 7.20. The van der Waals surface area contributed by atoms with Gasteiger partial charge < -0.3 is 0 Å². The van der Waals surface area contributed by atoms with Crippen molar-refractivity contribution in [1.29, 1.82) is 0 Å². The molecule has 0 saturated carbocycles. The lowest BCUT2D eigenvalue weighted by molar-refractivity contribution is 0.314. The molecule has 64 heavy (non-hydrogen) atoms. The fourth-order valence-electron chi connectivity index (χ4n) is 11.3. The van der Waals surface area contributed by atoms with Gasteiger partial charge in [-0.15, -0.1) is 0 Å². The molecule has 8 aromatic carbocycles. The van der Waals surface area contributed by atoms with Crippen LogP contribution in [0.1, 0.15) is 43.9 Å². The molecule has 0 N–H and O–H groups in total. The van der Waals surface area contributed by atoms with Gasteiger partial charge in [0, 0.05) is 0 Å². The Bertz CT molecular complexity index is 2720. The van der Waals surface area contributed by atoms with E-state index in [1.54, 1.807) is 0 Å². The third kappa shape index (κ3) is 7.53. The number of hydrogen-bond acceptors (Lipinski definition) is 1. The minimum absolute atomic E-state index is 0.0303. The summed E-state index contributed by atoms with van der Waals surface area (Å²) in [5, 5.41) is 11.0. The van der Waals surface area contributed by atoms with Crippen molar-refractivity contribution >= 4 is 63.4 Å². The van der Waals surface area contributed by atoms with E-state index in [0.717, 1.165) is 18.6 Å². The van der Waals surface area contributed by atoms with E-state index in [1.807, 2.05) is 0 Å². The van der Waals surface area contributed by atoms with Gasteiger partial charge in [-0.2, -0.15) is 0 Å². The highest BCUT2D eigenvalue weighted by Gasteiger charge is 2.43. The molecule has 4 atom stereocenters. The zero-order valence-electron chi connectivity index (χ0n) is 36.8. The molecule has 1 nitrogen and oxygen atoms in total. The van der Waals surface area contributed by atoms with E-state index in [2.05, 4.69) is 263 Å². The Balaban J connectivity index is 1.17. The van der Waals surface area contributed by atoms with Crippen LogP contribution in [0, 0.1) is 17.8 Å². The summed E-state index contributed by atoms with van der Waals surface area (Å²) < 4.78 is 0. The van der Waals surface area contributed by atoms with Crippen molar-refractivity contribution in [3.05, 3.63) is 265 Å². The molecule has 0 radical (unpaired) electrons. The smallest absolute Gasteiger partial charge is 0.179 e. The zero-order valence-corrected chi connectivity index (χ0v) is 38.8. The Morgan fingerprint density at radius 3 is 1.23 bits per heavy atom. The molecule has 1 aliphatic carbocycles. The zero-order chi connectivity index (χ0) is 43.4. The van der Waals surface area contributed by atoms with Crippen molar-refractivity contribution in [2.45, 2.75) is 32.7 Å². The molecular weight excluding hydrogens is 803 g/mol. The molecular formula is C61H55NSi2. The van der Waals surface area contributed by atoms with Crippen LogP contribution in [0.5, 0.6) is 0 Å². The van der Waals surface area contributed by atoms with Crippen LogP contribution in [0.2, 0.25) is 0 Å². The van der Waals surface area contributed by atoms with Gasteiger partial charge in [0.25, 0.3) is 0 Å². The molecule has 0 spiro atoms. The van der Waals surface area contributed by atoms with Crippen molar-refractivity contribution in [1.82, 2.24) is 0 Å². The first-order valence-corrected chi connectivity index (χ1v) is 27.1. The van der Waals surface area contributed by atoms with Crippen molar-refractivity contribution < 1.29 is 0 Å². The molecule has 0 bridgehead atoms. The SMILES string of the molecule is CC1C=CCC(C)C1C1=CC(c2cccc([Si](c3ccccc3)(c3ccccc3)c3ccccc3)c2)=NC(c2cccc([Si](c3ccccc3)(c3ccccc3)c3ccccc3)c2)C1. The summed E-state index contributed by atoms with van der Waals surface area (Å²) in [6.07, 6.45) is 9.35. The summed E-state index contributed by atoms with van der Waals surface area (Å²) in [6.45, 7) is 4.87. The van der Waals surface area contributed by atoms with Crippen LogP contribution < -0.4 is 41.5 Å². The number of benzene rings is 8. The van der Waals surface area contributed by atoms with Crippen LogP contribution in [0.15, 0.2) is 259 Å². The fourth-order valence-corrected chi connectivity index (χ4v) is 20.9. The van der Waals surface area contributed by atoms with E-state index >= 15 is 0 Å². The Labute approximate surface area is 382 Å². The largest absolute Gasteiger partial charge is 0.276 e. The molecule has 0 aromatic heterocycles. The molecule has 8 aromatic rings. The maximum Gasteiger partial charge on any atom is 0.179 e. The quantitative estimate of drug-likeness (QED) is 0.0700. The second kappa shape index (κ2) is 18.2. The van der Waals surface area contributed by atoms with Crippen molar-refractivity contribution in [2.75, 3.05) is 0 Å². The van der Waals surface area contributed by atoms with Gasteiger partial charge in [0.05, 0.1) is 11.8 Å². The predicted molar refractivity (Wildman–Crippen MR) is 278 cm³/mol. The third-order valence-electron chi connectivity index (χ3n) is 14.1. The number of aliphatic imine (C=N–C) groups is 1. The average Bonchev–Trinajstić information content (AvgIpc) is 3.37. The first-order valence-electron chi connectivity index (χ1n) is 23.1. The first kappa shape index (κ1) is 41.4. The van der Waals surface area contributed by atoms with Crippen molar-refractivity contribution in [2.24, 2.45) is 22.7 Å². The maximum atomic E-state index is 5.85. The molecule has 1 aliphatic heterocycles. The van der Waals surface area contributed by atoms with Crippen molar-refractivity contribution in [3.8, 4) is 0 Å². The van der Waals surface area contributed by atoms with Gasteiger partial charge in [-0.05, 0) is 89.3 Å². The number of dihydropyridines is 1. The lowest BCUT2D eigenvalue weighted by atomic mass is 9.70. The Morgan fingerprint density at radius 1 is 0.422 bits per heavy atom. The topological polar surface area (TPSA) is 12.4 Å². The van der Waals surface area contributed by atoms with E-state index in [1.165, 1.54) is 58.2 Å². The monoisotopic (exact) mass is 857 g/mol. The third-order valence-corrected chi connectivity index (χ3v) is 23.7. The molecule has 312 valence electrons. The minimum atomic E-state index is -2.75. The van der Waals surface area contributed by atoms with Gasteiger partial charge in [0.1, 0.15) is 0 Å². The van der Waals surface area contributed by atoms with Gasteiger partial charge in [-0.1, -0.05) is 262 Å². The van der Waals surface area contributed by atoms with Gasteiger partial charge in [0.15, 0.2) is 16.1 Å². The number of hydrogen-bond donors (Lipinski definition) is 0. The molecule has 0 fully saturated rings. The number of nitrogens with zero attached hydrogens (tertiary/aromatic N) is 1. The summed E-state index contributed by atoms with van der Waals surface area (Å²) in [5.74, 6) is 1.45. The van der Waals surface area contributed by atoms with Gasteiger partial charge in [-0.25, -0.2) is 0 Å². The summed E-state index contributed by atoms with van der Waals surface area (Å²) in [4.78, 5) is 5.85. The van der Waals surface area contributed by atoms with Crippen LogP contribution in [0.25, 0.3) is 0 Å². The minimum Gasteiger partial charge on any atom is -0.276 e. The van der Waals surface area contributed by atoms with Gasteiger partial charge in [-0.3, -0.25) is 4.99 Å². The maximum absolute atomic E-state index is 5.85. The number of rotatable bonds is 11. The summed E-state index contributed by atoms with van der Waals surface area (Å²) in [6, 6.07) is 86.6. The van der Waals surface area contributed by atoms with Gasteiger partial charge >= 0.3 is 0 Å². The van der Waals surface area contributed by atoms with Crippen molar-refractivity contribution in [3.63, 3.8) is 0 Å². The lowest BCUT2D eigenvalue weighted by Crippen LogP contribution is -2.74. The predicted octanol–water partition coefficient (Wildman–Crippen LogP) is 9.15. The van der Waals surface area contributed by atoms with E-state index in [4.69, 9.17) is 4.99 Å². The molecule has 1 heterocycles. The first-order chi connectivity index (χ1) is 31.6. The highest BCUT2D eigenvalue weighted by atomic mass is 28.3. The average molecular weight is 858 g/mol. The molecule has 0 saturated heterocycles. The highest BCUT2D eigenvalue weighted by Crippen LogP contribution is 2.42. The van der Waals surface area contributed by atoms with Crippen LogP contribution >= 0.6 is 0 Å². The van der Waals surface area contributed by atoms with Crippen LogP contribution in [0.4, 0.5) is 0 Å². The van der Waals surface area contributed by atoms with Crippen LogP contribution in [-0.4, -0.2) is 21.9 Å². The van der Waals surface area contributed by atoms with E-state index < -0.39 is 16.1 Å². The van der Waals surface area contributed by atoms with Crippen LogP contribution in [-0.2, 0) is 0 Å².